The first kappa shape index (κ1) is 17.0. The van der Waals surface area contributed by atoms with Gasteiger partial charge in [-0.3, -0.25) is 9.59 Å². The molecule has 2 aromatic rings. The van der Waals surface area contributed by atoms with Gasteiger partial charge in [-0.25, -0.2) is 0 Å². The van der Waals surface area contributed by atoms with E-state index in [0.29, 0.717) is 17.3 Å². The number of nitrogens with zero attached hydrogens (tertiary/aromatic N) is 1. The molecule has 23 heavy (non-hydrogen) atoms. The molecule has 2 rings (SSSR count). The van der Waals surface area contributed by atoms with E-state index in [1.165, 1.54) is 0 Å². The van der Waals surface area contributed by atoms with E-state index in [9.17, 15) is 9.59 Å². The quantitative estimate of drug-likeness (QED) is 0.869. The van der Waals surface area contributed by atoms with E-state index in [1.807, 2.05) is 44.2 Å². The van der Waals surface area contributed by atoms with Crippen molar-refractivity contribution in [2.45, 2.75) is 26.4 Å². The van der Waals surface area contributed by atoms with Crippen LogP contribution in [0.15, 0.2) is 54.6 Å². The fraction of sp³-hybridized carbons (Fsp3) is 0.222. The van der Waals surface area contributed by atoms with Crippen LogP contribution in [0.2, 0.25) is 5.02 Å². The van der Waals surface area contributed by atoms with Crippen molar-refractivity contribution in [1.29, 1.82) is 0 Å². The number of rotatable bonds is 4. The summed E-state index contributed by atoms with van der Waals surface area (Å²) in [5, 5.41) is 3.17. The third kappa shape index (κ3) is 4.83. The standard InChI is InChI=1S/C18H19ClN2O2/c1-13(2)21(12-14-6-4-3-5-7-14)18(23)17(22)20-16-10-8-15(19)9-11-16/h3-11,13H,12H2,1-2H3,(H,20,22). The average Bonchev–Trinajstić information content (AvgIpc) is 2.55. The van der Waals surface area contributed by atoms with Gasteiger partial charge in [-0.1, -0.05) is 41.9 Å². The van der Waals surface area contributed by atoms with Gasteiger partial charge in [-0.2, -0.15) is 0 Å². The predicted octanol–water partition coefficient (Wildman–Crippen LogP) is 3.72. The van der Waals surface area contributed by atoms with Crippen molar-refractivity contribution in [3.63, 3.8) is 0 Å². The van der Waals surface area contributed by atoms with E-state index in [4.69, 9.17) is 11.6 Å². The predicted molar refractivity (Wildman–Crippen MR) is 92.2 cm³/mol. The summed E-state index contributed by atoms with van der Waals surface area (Å²) in [6.07, 6.45) is 0. The van der Waals surface area contributed by atoms with Gasteiger partial charge in [0.25, 0.3) is 0 Å². The van der Waals surface area contributed by atoms with Crippen LogP contribution < -0.4 is 5.32 Å². The van der Waals surface area contributed by atoms with Crippen LogP contribution in [-0.4, -0.2) is 22.8 Å². The summed E-state index contributed by atoms with van der Waals surface area (Å²) >= 11 is 5.81. The number of carbonyl (C=O) groups is 2. The molecule has 0 aliphatic carbocycles. The summed E-state index contributed by atoms with van der Waals surface area (Å²) in [6.45, 7) is 4.16. The minimum atomic E-state index is -0.656. The molecule has 0 radical (unpaired) electrons. The maximum atomic E-state index is 12.4. The zero-order valence-corrected chi connectivity index (χ0v) is 13.9. The Bertz CT molecular complexity index is 669. The van der Waals surface area contributed by atoms with Crippen molar-refractivity contribution < 1.29 is 9.59 Å². The number of halogens is 1. The van der Waals surface area contributed by atoms with Gasteiger partial charge in [0.1, 0.15) is 0 Å². The van der Waals surface area contributed by atoms with Crippen LogP contribution in [0, 0.1) is 0 Å². The topological polar surface area (TPSA) is 49.4 Å². The van der Waals surface area contributed by atoms with Crippen molar-refractivity contribution in [2.24, 2.45) is 0 Å². The van der Waals surface area contributed by atoms with Crippen LogP contribution in [0.3, 0.4) is 0 Å². The zero-order valence-electron chi connectivity index (χ0n) is 13.1. The van der Waals surface area contributed by atoms with Gasteiger partial charge in [-0.05, 0) is 43.7 Å². The zero-order chi connectivity index (χ0) is 16.8. The van der Waals surface area contributed by atoms with Gasteiger partial charge in [0.05, 0.1) is 0 Å². The lowest BCUT2D eigenvalue weighted by Gasteiger charge is -2.26. The summed E-state index contributed by atoms with van der Waals surface area (Å²) < 4.78 is 0. The van der Waals surface area contributed by atoms with E-state index in [0.717, 1.165) is 5.56 Å². The summed E-state index contributed by atoms with van der Waals surface area (Å²) in [6, 6.07) is 16.1. The molecule has 0 atom stereocenters. The first-order valence-electron chi connectivity index (χ1n) is 7.39. The molecule has 0 saturated heterocycles. The van der Waals surface area contributed by atoms with Crippen LogP contribution in [0.5, 0.6) is 0 Å². The fourth-order valence-electron chi connectivity index (χ4n) is 2.12. The number of benzene rings is 2. The Morgan fingerprint density at radius 3 is 2.22 bits per heavy atom. The van der Waals surface area contributed by atoms with E-state index in [-0.39, 0.29) is 6.04 Å². The van der Waals surface area contributed by atoms with Crippen LogP contribution in [0.4, 0.5) is 5.69 Å². The Balaban J connectivity index is 2.07. The van der Waals surface area contributed by atoms with E-state index in [2.05, 4.69) is 5.32 Å². The van der Waals surface area contributed by atoms with Crippen LogP contribution in [0.1, 0.15) is 19.4 Å². The summed E-state index contributed by atoms with van der Waals surface area (Å²) in [7, 11) is 0. The highest BCUT2D eigenvalue weighted by Gasteiger charge is 2.24. The van der Waals surface area contributed by atoms with E-state index >= 15 is 0 Å². The smallest absolute Gasteiger partial charge is 0.313 e. The SMILES string of the molecule is CC(C)N(Cc1ccccc1)C(=O)C(=O)Nc1ccc(Cl)cc1. The molecule has 120 valence electrons. The number of anilines is 1. The van der Waals surface area contributed by atoms with Gasteiger partial charge >= 0.3 is 11.8 Å². The molecule has 0 saturated carbocycles. The first-order chi connectivity index (χ1) is 11.0. The Hall–Kier alpha value is -2.33. The summed E-state index contributed by atoms with van der Waals surface area (Å²) in [4.78, 5) is 26.2. The van der Waals surface area contributed by atoms with Gasteiger partial charge in [0.2, 0.25) is 0 Å². The third-order valence-corrected chi connectivity index (χ3v) is 3.63. The van der Waals surface area contributed by atoms with Crippen molar-refractivity contribution in [2.75, 3.05) is 5.32 Å². The number of carbonyl (C=O) groups excluding carboxylic acids is 2. The molecule has 0 aliphatic rings. The molecule has 0 heterocycles. The van der Waals surface area contributed by atoms with Gasteiger partial charge in [0, 0.05) is 23.3 Å². The van der Waals surface area contributed by atoms with Crippen molar-refractivity contribution >= 4 is 29.1 Å². The number of hydrogen-bond donors (Lipinski definition) is 1. The van der Waals surface area contributed by atoms with Crippen molar-refractivity contribution in [3.05, 3.63) is 65.2 Å². The molecular weight excluding hydrogens is 312 g/mol. The minimum absolute atomic E-state index is 0.0846. The molecule has 2 aromatic carbocycles. The Labute approximate surface area is 141 Å². The van der Waals surface area contributed by atoms with Gasteiger partial charge in [0.15, 0.2) is 0 Å². The van der Waals surface area contributed by atoms with Gasteiger partial charge < -0.3 is 10.2 Å². The lowest BCUT2D eigenvalue weighted by Crippen LogP contribution is -2.43. The van der Waals surface area contributed by atoms with Gasteiger partial charge in [-0.15, -0.1) is 0 Å². The van der Waals surface area contributed by atoms with Crippen LogP contribution in [0.25, 0.3) is 0 Å². The second-order valence-electron chi connectivity index (χ2n) is 5.47. The number of nitrogens with one attached hydrogen (secondary N) is 1. The number of amides is 2. The maximum absolute atomic E-state index is 12.4. The monoisotopic (exact) mass is 330 g/mol. The highest BCUT2D eigenvalue weighted by molar-refractivity contribution is 6.39. The highest BCUT2D eigenvalue weighted by Crippen LogP contribution is 2.14. The van der Waals surface area contributed by atoms with E-state index < -0.39 is 11.8 Å². The molecule has 2 amide bonds. The van der Waals surface area contributed by atoms with Crippen LogP contribution >= 0.6 is 11.6 Å². The number of hydrogen-bond acceptors (Lipinski definition) is 2. The van der Waals surface area contributed by atoms with Crippen molar-refractivity contribution in [3.8, 4) is 0 Å². The normalized spacial score (nSPS) is 10.4. The Morgan fingerprint density at radius 2 is 1.65 bits per heavy atom. The molecule has 5 heteroatoms. The molecule has 1 N–H and O–H groups in total. The molecule has 0 aromatic heterocycles. The van der Waals surface area contributed by atoms with Crippen molar-refractivity contribution in [1.82, 2.24) is 4.90 Å². The lowest BCUT2D eigenvalue weighted by atomic mass is 10.2. The first-order valence-corrected chi connectivity index (χ1v) is 7.76. The lowest BCUT2D eigenvalue weighted by molar-refractivity contribution is -0.144. The average molecular weight is 331 g/mol. The summed E-state index contributed by atoms with van der Waals surface area (Å²) in [5.74, 6) is -1.21. The highest BCUT2D eigenvalue weighted by atomic mass is 35.5. The second kappa shape index (κ2) is 7.79. The molecule has 0 spiro atoms. The minimum Gasteiger partial charge on any atom is -0.328 e. The maximum Gasteiger partial charge on any atom is 0.313 e. The molecule has 4 nitrogen and oxygen atoms in total. The molecule has 0 bridgehead atoms. The third-order valence-electron chi connectivity index (χ3n) is 3.38. The molecule has 0 fully saturated rings. The molecule has 0 aliphatic heterocycles. The fourth-order valence-corrected chi connectivity index (χ4v) is 2.24. The molecular formula is C18H19ClN2O2. The molecule has 0 unspecified atom stereocenters. The Kier molecular flexibility index (Phi) is 5.77. The summed E-state index contributed by atoms with van der Waals surface area (Å²) in [5.41, 5.74) is 1.52. The van der Waals surface area contributed by atoms with E-state index in [1.54, 1.807) is 29.2 Å². The van der Waals surface area contributed by atoms with Crippen LogP contribution in [-0.2, 0) is 16.1 Å². The largest absolute Gasteiger partial charge is 0.328 e. The second-order valence-corrected chi connectivity index (χ2v) is 5.91. The Morgan fingerprint density at radius 1 is 1.04 bits per heavy atom.